The van der Waals surface area contributed by atoms with E-state index in [1.54, 1.807) is 30.3 Å². The van der Waals surface area contributed by atoms with E-state index in [1.165, 1.54) is 0 Å². The molecule has 2 aromatic rings. The van der Waals surface area contributed by atoms with E-state index in [1.807, 2.05) is 0 Å². The molecular weight excluding hydrogens is 304 g/mol. The highest BCUT2D eigenvalue weighted by atomic mass is 16.5. The van der Waals surface area contributed by atoms with Crippen LogP contribution in [0.5, 0.6) is 0 Å². The zero-order valence-electron chi connectivity index (χ0n) is 12.3. The van der Waals surface area contributed by atoms with Gasteiger partial charge < -0.3 is 9.47 Å². The van der Waals surface area contributed by atoms with Gasteiger partial charge in [-0.3, -0.25) is 4.79 Å². The lowest BCUT2D eigenvalue weighted by atomic mass is 10.2. The van der Waals surface area contributed by atoms with Crippen molar-refractivity contribution in [1.82, 2.24) is 20.2 Å². The molecule has 0 saturated carbocycles. The quantitative estimate of drug-likeness (QED) is 0.433. The second-order valence-corrected chi connectivity index (χ2v) is 4.15. The summed E-state index contributed by atoms with van der Waals surface area (Å²) >= 11 is 0. The molecule has 0 amide bonds. The van der Waals surface area contributed by atoms with Crippen LogP contribution in [0.2, 0.25) is 0 Å². The molecule has 1 aromatic carbocycles. The maximum absolute atomic E-state index is 12.1. The van der Waals surface area contributed by atoms with Gasteiger partial charge in [-0.1, -0.05) is 30.3 Å². The molecule has 9 nitrogen and oxygen atoms in total. The summed E-state index contributed by atoms with van der Waals surface area (Å²) < 4.78 is 9.85. The van der Waals surface area contributed by atoms with Gasteiger partial charge in [-0.15, -0.1) is 5.10 Å². The van der Waals surface area contributed by atoms with Crippen molar-refractivity contribution in [2.45, 2.75) is 0 Å². The average molecular weight is 316 g/mol. The number of esters is 2. The number of hydrogen-bond donors (Lipinski definition) is 0. The van der Waals surface area contributed by atoms with Crippen LogP contribution in [0.15, 0.2) is 36.4 Å². The van der Waals surface area contributed by atoms with Crippen LogP contribution in [-0.2, 0) is 23.9 Å². The molecular formula is C14H12N4O5. The highest BCUT2D eigenvalue weighted by molar-refractivity contribution is 6.50. The van der Waals surface area contributed by atoms with E-state index in [0.29, 0.717) is 5.56 Å². The molecule has 0 aliphatic rings. The Morgan fingerprint density at radius 2 is 1.78 bits per heavy atom. The first-order valence-electron chi connectivity index (χ1n) is 6.35. The molecule has 0 fully saturated rings. The highest BCUT2D eigenvalue weighted by Crippen LogP contribution is 2.19. The number of ether oxygens (including phenoxy) is 2. The van der Waals surface area contributed by atoms with E-state index in [-0.39, 0.29) is 11.5 Å². The summed E-state index contributed by atoms with van der Waals surface area (Å²) in [6.45, 7) is 0. The first-order chi connectivity index (χ1) is 11.1. The fourth-order valence-electron chi connectivity index (χ4n) is 1.71. The van der Waals surface area contributed by atoms with Gasteiger partial charge >= 0.3 is 11.9 Å². The summed E-state index contributed by atoms with van der Waals surface area (Å²) in [4.78, 5) is 35.2. The molecule has 0 unspecified atom stereocenters. The molecule has 1 aromatic heterocycles. The smallest absolute Gasteiger partial charge is 0.381 e. The molecule has 23 heavy (non-hydrogen) atoms. The van der Waals surface area contributed by atoms with Gasteiger partial charge in [-0.05, 0) is 10.4 Å². The van der Waals surface area contributed by atoms with Crippen molar-refractivity contribution in [3.8, 4) is 11.4 Å². The second kappa shape index (κ2) is 7.07. The Morgan fingerprint density at radius 1 is 1.09 bits per heavy atom. The summed E-state index contributed by atoms with van der Waals surface area (Å²) in [5, 5.41) is 11.0. The number of Topliss-reactive ketones (excluding diaryl/α,β-unsaturated/α-hetero) is 1. The lowest BCUT2D eigenvalue weighted by Gasteiger charge is -2.07. The van der Waals surface area contributed by atoms with Crippen LogP contribution in [0.25, 0.3) is 17.1 Å². The number of carbonyl (C=O) groups excluding carboxylic acids is 3. The van der Waals surface area contributed by atoms with E-state index in [0.717, 1.165) is 25.0 Å². The molecule has 0 atom stereocenters. The van der Waals surface area contributed by atoms with Crippen molar-refractivity contribution in [3.63, 3.8) is 0 Å². The number of ketones is 1. The van der Waals surface area contributed by atoms with Crippen LogP contribution in [0.3, 0.4) is 0 Å². The van der Waals surface area contributed by atoms with E-state index in [2.05, 4.69) is 25.0 Å². The molecule has 1 heterocycles. The minimum atomic E-state index is -1.16. The highest BCUT2D eigenvalue weighted by Gasteiger charge is 2.26. The second-order valence-electron chi connectivity index (χ2n) is 4.15. The summed E-state index contributed by atoms with van der Waals surface area (Å²) in [6.07, 6.45) is 0.821. The predicted molar refractivity (Wildman–Crippen MR) is 76.6 cm³/mol. The van der Waals surface area contributed by atoms with E-state index in [9.17, 15) is 14.4 Å². The molecule has 0 radical (unpaired) electrons. The number of tetrazole rings is 1. The van der Waals surface area contributed by atoms with Crippen molar-refractivity contribution < 1.29 is 23.9 Å². The monoisotopic (exact) mass is 316 g/mol. The maximum Gasteiger partial charge on any atom is 0.381 e. The van der Waals surface area contributed by atoms with Crippen molar-refractivity contribution in [2.75, 3.05) is 14.2 Å². The summed E-state index contributed by atoms with van der Waals surface area (Å²) in [5.74, 6) is -2.90. The van der Waals surface area contributed by atoms with Crippen molar-refractivity contribution in [1.29, 1.82) is 0 Å². The van der Waals surface area contributed by atoms with Crippen LogP contribution in [0, 0.1) is 0 Å². The number of rotatable bonds is 5. The molecule has 0 aliphatic carbocycles. The zero-order valence-corrected chi connectivity index (χ0v) is 12.3. The van der Waals surface area contributed by atoms with Gasteiger partial charge in [0.25, 0.3) is 5.78 Å². The van der Waals surface area contributed by atoms with Gasteiger partial charge in [-0.2, -0.15) is 4.68 Å². The Bertz CT molecular complexity index is 766. The van der Waals surface area contributed by atoms with Crippen LogP contribution in [0.4, 0.5) is 0 Å². The van der Waals surface area contributed by atoms with Gasteiger partial charge in [0.05, 0.1) is 20.3 Å². The molecule has 118 valence electrons. The number of methoxy groups -OCH3 is 2. The van der Waals surface area contributed by atoms with Crippen LogP contribution in [0.1, 0.15) is 0 Å². The Morgan fingerprint density at radius 3 is 2.39 bits per heavy atom. The lowest BCUT2D eigenvalue weighted by Crippen LogP contribution is -2.22. The van der Waals surface area contributed by atoms with Crippen molar-refractivity contribution in [2.24, 2.45) is 0 Å². The maximum atomic E-state index is 12.1. The van der Waals surface area contributed by atoms with Gasteiger partial charge in [0.1, 0.15) is 5.70 Å². The van der Waals surface area contributed by atoms with E-state index < -0.39 is 17.7 Å². The molecule has 0 aliphatic heterocycles. The van der Waals surface area contributed by atoms with Gasteiger partial charge in [0, 0.05) is 5.56 Å². The van der Waals surface area contributed by atoms with E-state index in [4.69, 9.17) is 0 Å². The fourth-order valence-corrected chi connectivity index (χ4v) is 1.71. The third kappa shape index (κ3) is 3.46. The Hall–Kier alpha value is -3.36. The number of hydrogen-bond acceptors (Lipinski definition) is 8. The number of carbonyl (C=O) groups is 3. The minimum absolute atomic E-state index is 0.179. The Kier molecular flexibility index (Phi) is 4.92. The lowest BCUT2D eigenvalue weighted by molar-refractivity contribution is -0.149. The normalized spacial score (nSPS) is 11.0. The van der Waals surface area contributed by atoms with Crippen LogP contribution >= 0.6 is 0 Å². The third-order valence-electron chi connectivity index (χ3n) is 2.79. The van der Waals surface area contributed by atoms with Crippen LogP contribution < -0.4 is 0 Å². The minimum Gasteiger partial charge on any atom is -0.466 e. The number of nitrogens with zero attached hydrogens (tertiary/aromatic N) is 4. The summed E-state index contributed by atoms with van der Waals surface area (Å²) in [7, 11) is 2.18. The van der Waals surface area contributed by atoms with E-state index >= 15 is 0 Å². The molecule has 2 rings (SSSR count). The fraction of sp³-hybridized carbons (Fsp3) is 0.143. The predicted octanol–water partition coefficient (Wildman–Crippen LogP) is 0.0961. The standard InChI is InChI=1S/C14H12N4O5/c1-22-11(19)8-10(12(20)14(21)23-2)18-13(15-16-17-18)9-6-4-3-5-7-9/h3-8H,1-2H3/b10-8+. The molecule has 0 saturated heterocycles. The third-order valence-corrected chi connectivity index (χ3v) is 2.79. The number of benzene rings is 1. The van der Waals surface area contributed by atoms with Gasteiger partial charge in [0.2, 0.25) is 0 Å². The van der Waals surface area contributed by atoms with Crippen LogP contribution in [-0.4, -0.2) is 52.1 Å². The molecule has 9 heteroatoms. The summed E-state index contributed by atoms with van der Waals surface area (Å²) in [6, 6.07) is 8.71. The van der Waals surface area contributed by atoms with Gasteiger partial charge in [0.15, 0.2) is 5.82 Å². The SMILES string of the molecule is COC(=O)/C=C(\C(=O)C(=O)OC)n1nnnc1-c1ccccc1. The summed E-state index contributed by atoms with van der Waals surface area (Å²) in [5.41, 5.74) is 0.207. The largest absolute Gasteiger partial charge is 0.466 e. The molecule has 0 N–H and O–H groups in total. The topological polar surface area (TPSA) is 113 Å². The zero-order chi connectivity index (χ0) is 16.8. The number of aromatic nitrogens is 4. The first-order valence-corrected chi connectivity index (χ1v) is 6.35. The first kappa shape index (κ1) is 16.0. The van der Waals surface area contributed by atoms with Crippen molar-refractivity contribution >= 4 is 23.4 Å². The molecule has 0 bridgehead atoms. The Balaban J connectivity index is 2.56. The Labute approximate surface area is 130 Å². The van der Waals surface area contributed by atoms with Crippen molar-refractivity contribution in [3.05, 3.63) is 36.4 Å². The molecule has 0 spiro atoms. The average Bonchev–Trinajstić information content (AvgIpc) is 3.08. The van der Waals surface area contributed by atoms with Gasteiger partial charge in [-0.25, -0.2) is 9.59 Å².